The zero-order valence-corrected chi connectivity index (χ0v) is 7.84. The Kier molecular flexibility index (Phi) is 3.64. The summed E-state index contributed by atoms with van der Waals surface area (Å²) < 4.78 is 0. The topological polar surface area (TPSA) is 0 Å². The van der Waals surface area contributed by atoms with Gasteiger partial charge in [0.1, 0.15) is 0 Å². The van der Waals surface area contributed by atoms with Crippen molar-refractivity contribution >= 4 is 23.4 Å². The third kappa shape index (κ3) is 2.55. The van der Waals surface area contributed by atoms with Crippen LogP contribution in [0.5, 0.6) is 0 Å². The summed E-state index contributed by atoms with van der Waals surface area (Å²) in [6, 6.07) is 0. The smallest absolute Gasteiger partial charge is 0.0430 e. The first kappa shape index (κ1) is 8.48. The average molecular weight is 177 g/mol. The number of allylic oxidation sites excluding steroid dienone is 2. The third-order valence-corrected chi connectivity index (χ3v) is 3.31. The highest BCUT2D eigenvalue weighted by atomic mass is 35.5. The summed E-state index contributed by atoms with van der Waals surface area (Å²) in [6.07, 6.45) is 3.67. The molecule has 0 nitrogen and oxygen atoms in total. The zero-order valence-electron chi connectivity index (χ0n) is 6.27. The average Bonchev–Trinajstić information content (AvgIpc) is 2.40. The second-order valence-electron chi connectivity index (χ2n) is 2.77. The highest BCUT2D eigenvalue weighted by Gasteiger charge is 2.12. The summed E-state index contributed by atoms with van der Waals surface area (Å²) in [6.45, 7) is 2.11. The molecular weight excluding hydrogens is 164 g/mol. The molecule has 10 heavy (non-hydrogen) atoms. The van der Waals surface area contributed by atoms with Gasteiger partial charge in [0, 0.05) is 5.88 Å². The number of thioether (sulfide) groups is 1. The monoisotopic (exact) mass is 176 g/mol. The molecule has 0 aromatic heterocycles. The molecule has 0 radical (unpaired) electrons. The first-order chi connectivity index (χ1) is 4.83. The molecule has 2 heteroatoms. The molecular formula is C8H13ClS. The molecule has 58 valence electrons. The molecule has 1 atom stereocenters. The predicted molar refractivity (Wildman–Crippen MR) is 49.9 cm³/mol. The van der Waals surface area contributed by atoms with Gasteiger partial charge >= 0.3 is 0 Å². The summed E-state index contributed by atoms with van der Waals surface area (Å²) in [5.41, 5.74) is 1.33. The Hall–Kier alpha value is 0.380. The van der Waals surface area contributed by atoms with Gasteiger partial charge in [0.25, 0.3) is 0 Å². The Bertz CT molecular complexity index is 125. The van der Waals surface area contributed by atoms with Crippen LogP contribution in [0.15, 0.2) is 11.6 Å². The molecule has 1 unspecified atom stereocenters. The van der Waals surface area contributed by atoms with Crippen LogP contribution < -0.4 is 0 Å². The van der Waals surface area contributed by atoms with E-state index in [4.69, 9.17) is 11.6 Å². The first-order valence-corrected chi connectivity index (χ1v) is 5.33. The molecule has 0 saturated carbocycles. The van der Waals surface area contributed by atoms with Crippen LogP contribution in [-0.4, -0.2) is 17.4 Å². The number of halogens is 1. The molecule has 1 aliphatic heterocycles. The lowest BCUT2D eigenvalue weighted by molar-refractivity contribution is 0.741. The quantitative estimate of drug-likeness (QED) is 0.461. The summed E-state index contributed by atoms with van der Waals surface area (Å²) in [7, 11) is 0. The van der Waals surface area contributed by atoms with E-state index < -0.39 is 0 Å². The lowest BCUT2D eigenvalue weighted by atomic mass is 10.1. The summed E-state index contributed by atoms with van der Waals surface area (Å²) in [5, 5.41) is 0. The van der Waals surface area contributed by atoms with Gasteiger partial charge in [-0.3, -0.25) is 0 Å². The normalized spacial score (nSPS) is 27.4. The van der Waals surface area contributed by atoms with Crippen LogP contribution in [0.4, 0.5) is 0 Å². The van der Waals surface area contributed by atoms with Crippen LogP contribution in [0.25, 0.3) is 0 Å². The number of rotatable bonds is 2. The number of alkyl halides is 1. The van der Waals surface area contributed by atoms with Crippen molar-refractivity contribution in [2.75, 3.05) is 17.4 Å². The van der Waals surface area contributed by atoms with E-state index in [0.717, 1.165) is 5.92 Å². The minimum atomic E-state index is 0.696. The van der Waals surface area contributed by atoms with Gasteiger partial charge in [-0.1, -0.05) is 11.6 Å². The van der Waals surface area contributed by atoms with Crippen LogP contribution in [-0.2, 0) is 0 Å². The second kappa shape index (κ2) is 4.30. The SMILES string of the molecule is C/C(=C\C1CCSC1)CCl. The highest BCUT2D eigenvalue weighted by molar-refractivity contribution is 7.99. The van der Waals surface area contributed by atoms with Crippen LogP contribution in [0.3, 0.4) is 0 Å². The van der Waals surface area contributed by atoms with Gasteiger partial charge in [-0.25, -0.2) is 0 Å². The van der Waals surface area contributed by atoms with Crippen molar-refractivity contribution in [2.24, 2.45) is 5.92 Å². The molecule has 1 aliphatic rings. The fourth-order valence-electron chi connectivity index (χ4n) is 1.13. The van der Waals surface area contributed by atoms with Crippen LogP contribution >= 0.6 is 23.4 Å². The van der Waals surface area contributed by atoms with E-state index in [9.17, 15) is 0 Å². The van der Waals surface area contributed by atoms with Crippen LogP contribution in [0.1, 0.15) is 13.3 Å². The largest absolute Gasteiger partial charge is 0.161 e. The molecule has 0 amide bonds. The summed E-state index contributed by atoms with van der Waals surface area (Å²) in [4.78, 5) is 0. The van der Waals surface area contributed by atoms with Crippen molar-refractivity contribution in [2.45, 2.75) is 13.3 Å². The van der Waals surface area contributed by atoms with Gasteiger partial charge in [-0.2, -0.15) is 11.8 Å². The van der Waals surface area contributed by atoms with E-state index in [-0.39, 0.29) is 0 Å². The molecule has 1 saturated heterocycles. The van der Waals surface area contributed by atoms with Gasteiger partial charge < -0.3 is 0 Å². The zero-order chi connectivity index (χ0) is 7.40. The number of hydrogen-bond acceptors (Lipinski definition) is 1. The first-order valence-electron chi connectivity index (χ1n) is 3.64. The molecule has 0 aliphatic carbocycles. The molecule has 0 spiro atoms. The van der Waals surface area contributed by atoms with Gasteiger partial charge in [-0.05, 0) is 30.8 Å². The maximum atomic E-state index is 5.66. The minimum absolute atomic E-state index is 0.696. The van der Waals surface area contributed by atoms with Crippen LogP contribution in [0, 0.1) is 5.92 Å². The van der Waals surface area contributed by atoms with E-state index in [2.05, 4.69) is 13.0 Å². The van der Waals surface area contributed by atoms with Gasteiger partial charge in [0.05, 0.1) is 0 Å². The highest BCUT2D eigenvalue weighted by Crippen LogP contribution is 2.25. The van der Waals surface area contributed by atoms with E-state index in [1.807, 2.05) is 11.8 Å². The molecule has 0 N–H and O–H groups in total. The van der Waals surface area contributed by atoms with Gasteiger partial charge in [-0.15, -0.1) is 11.6 Å². The lowest BCUT2D eigenvalue weighted by Gasteiger charge is -2.01. The Balaban J connectivity index is 2.34. The maximum Gasteiger partial charge on any atom is 0.0430 e. The van der Waals surface area contributed by atoms with Crippen molar-refractivity contribution in [3.63, 3.8) is 0 Å². The standard InChI is InChI=1S/C8H13ClS/c1-7(5-9)4-8-2-3-10-6-8/h4,8H,2-3,5-6H2,1H3/b7-4+. The second-order valence-corrected chi connectivity index (χ2v) is 4.19. The van der Waals surface area contributed by atoms with Crippen molar-refractivity contribution in [1.82, 2.24) is 0 Å². The molecule has 1 heterocycles. The summed E-state index contributed by atoms with van der Waals surface area (Å²) in [5.74, 6) is 4.13. The molecule has 0 aromatic rings. The molecule has 1 rings (SSSR count). The predicted octanol–water partition coefficient (Wildman–Crippen LogP) is 2.92. The molecule has 1 fully saturated rings. The van der Waals surface area contributed by atoms with Gasteiger partial charge in [0.2, 0.25) is 0 Å². The van der Waals surface area contributed by atoms with Crippen molar-refractivity contribution in [3.8, 4) is 0 Å². The Morgan fingerprint density at radius 1 is 1.80 bits per heavy atom. The van der Waals surface area contributed by atoms with Crippen LogP contribution in [0.2, 0.25) is 0 Å². The Labute approximate surface area is 72.0 Å². The third-order valence-electron chi connectivity index (χ3n) is 1.70. The van der Waals surface area contributed by atoms with E-state index >= 15 is 0 Å². The maximum absolute atomic E-state index is 5.66. The summed E-state index contributed by atoms with van der Waals surface area (Å²) >= 11 is 7.70. The van der Waals surface area contributed by atoms with E-state index in [1.54, 1.807) is 0 Å². The Morgan fingerprint density at radius 3 is 3.10 bits per heavy atom. The van der Waals surface area contributed by atoms with Crippen molar-refractivity contribution in [1.29, 1.82) is 0 Å². The van der Waals surface area contributed by atoms with Crippen molar-refractivity contribution < 1.29 is 0 Å². The number of hydrogen-bond donors (Lipinski definition) is 0. The van der Waals surface area contributed by atoms with Gasteiger partial charge in [0.15, 0.2) is 0 Å². The fourth-order valence-corrected chi connectivity index (χ4v) is 2.42. The van der Waals surface area contributed by atoms with Crippen molar-refractivity contribution in [3.05, 3.63) is 11.6 Å². The van der Waals surface area contributed by atoms with E-state index in [0.29, 0.717) is 5.88 Å². The Morgan fingerprint density at radius 2 is 2.60 bits per heavy atom. The fraction of sp³-hybridized carbons (Fsp3) is 0.750. The molecule has 0 bridgehead atoms. The molecule has 0 aromatic carbocycles. The minimum Gasteiger partial charge on any atom is -0.161 e. The lowest BCUT2D eigenvalue weighted by Crippen LogP contribution is -1.93. The van der Waals surface area contributed by atoms with E-state index in [1.165, 1.54) is 23.5 Å².